The van der Waals surface area contributed by atoms with Crippen molar-refractivity contribution in [2.45, 2.75) is 31.2 Å². The zero-order chi connectivity index (χ0) is 7.68. The predicted molar refractivity (Wildman–Crippen MR) is 46.2 cm³/mol. The summed E-state index contributed by atoms with van der Waals surface area (Å²) < 4.78 is 0. The van der Waals surface area contributed by atoms with Gasteiger partial charge in [0.1, 0.15) is 0 Å². The number of hydrogen-bond acceptors (Lipinski definition) is 2. The molecule has 3 atom stereocenters. The van der Waals surface area contributed by atoms with E-state index in [0.29, 0.717) is 5.92 Å². The number of nitrogens with one attached hydrogen (secondary N) is 2. The normalized spacial score (nSPS) is 45.0. The van der Waals surface area contributed by atoms with Crippen LogP contribution in [0.15, 0.2) is 0 Å². The van der Waals surface area contributed by atoms with Gasteiger partial charge in [-0.05, 0) is 24.7 Å². The molecule has 3 unspecified atom stereocenters. The van der Waals surface area contributed by atoms with Gasteiger partial charge < -0.3 is 0 Å². The van der Waals surface area contributed by atoms with Crippen LogP contribution < -0.4 is 10.9 Å². The van der Waals surface area contributed by atoms with Crippen LogP contribution in [0.25, 0.3) is 0 Å². The Kier molecular flexibility index (Phi) is 2.35. The SMILES string of the molecule is ClC1NNCC2CCCCC21. The van der Waals surface area contributed by atoms with Gasteiger partial charge in [0.15, 0.2) is 0 Å². The molecule has 1 aliphatic carbocycles. The monoisotopic (exact) mass is 174 g/mol. The van der Waals surface area contributed by atoms with Crippen LogP contribution >= 0.6 is 11.6 Å². The lowest BCUT2D eigenvalue weighted by atomic mass is 9.78. The van der Waals surface area contributed by atoms with Crippen molar-refractivity contribution in [1.29, 1.82) is 0 Å². The summed E-state index contributed by atoms with van der Waals surface area (Å²) in [5, 5.41) is 0. The average molecular weight is 175 g/mol. The summed E-state index contributed by atoms with van der Waals surface area (Å²) in [6, 6.07) is 0. The molecule has 0 aromatic heterocycles. The van der Waals surface area contributed by atoms with Crippen LogP contribution in [0.2, 0.25) is 0 Å². The molecule has 1 heterocycles. The molecule has 0 bridgehead atoms. The van der Waals surface area contributed by atoms with Gasteiger partial charge in [-0.2, -0.15) is 0 Å². The molecule has 2 rings (SSSR count). The van der Waals surface area contributed by atoms with Gasteiger partial charge >= 0.3 is 0 Å². The fraction of sp³-hybridized carbons (Fsp3) is 1.00. The quantitative estimate of drug-likeness (QED) is 0.429. The van der Waals surface area contributed by atoms with E-state index in [0.717, 1.165) is 12.5 Å². The van der Waals surface area contributed by atoms with Crippen molar-refractivity contribution >= 4 is 11.6 Å². The van der Waals surface area contributed by atoms with Gasteiger partial charge in [-0.3, -0.25) is 5.43 Å². The summed E-state index contributed by atoms with van der Waals surface area (Å²) in [4.78, 5) is 0. The number of hydrazine groups is 1. The second kappa shape index (κ2) is 3.30. The lowest BCUT2D eigenvalue weighted by Crippen LogP contribution is -2.53. The van der Waals surface area contributed by atoms with E-state index < -0.39 is 0 Å². The van der Waals surface area contributed by atoms with Crippen LogP contribution in [0, 0.1) is 11.8 Å². The van der Waals surface area contributed by atoms with E-state index in [-0.39, 0.29) is 5.50 Å². The Hall–Kier alpha value is 0.210. The first kappa shape index (κ1) is 7.84. The largest absolute Gasteiger partial charge is 0.256 e. The number of rotatable bonds is 0. The van der Waals surface area contributed by atoms with Crippen molar-refractivity contribution in [2.75, 3.05) is 6.54 Å². The van der Waals surface area contributed by atoms with Gasteiger partial charge in [-0.25, -0.2) is 5.43 Å². The van der Waals surface area contributed by atoms with Crippen LogP contribution in [0.1, 0.15) is 25.7 Å². The fourth-order valence-corrected chi connectivity index (χ4v) is 2.68. The molecule has 0 spiro atoms. The molecule has 0 aromatic carbocycles. The second-order valence-electron chi connectivity index (χ2n) is 3.64. The molecule has 1 saturated heterocycles. The number of fused-ring (bicyclic) bond motifs is 1. The molecular weight excluding hydrogens is 160 g/mol. The van der Waals surface area contributed by atoms with Crippen molar-refractivity contribution in [3.05, 3.63) is 0 Å². The third-order valence-electron chi connectivity index (χ3n) is 2.95. The maximum atomic E-state index is 6.12. The highest BCUT2D eigenvalue weighted by molar-refractivity contribution is 6.20. The first-order valence-corrected chi connectivity index (χ1v) is 4.94. The van der Waals surface area contributed by atoms with Gasteiger partial charge in [0.25, 0.3) is 0 Å². The van der Waals surface area contributed by atoms with Gasteiger partial charge in [0.05, 0.1) is 5.50 Å². The minimum absolute atomic E-state index is 0.161. The van der Waals surface area contributed by atoms with E-state index in [4.69, 9.17) is 11.6 Å². The molecular formula is C8H15ClN2. The van der Waals surface area contributed by atoms with Gasteiger partial charge in [-0.1, -0.05) is 12.8 Å². The van der Waals surface area contributed by atoms with E-state index in [9.17, 15) is 0 Å². The molecule has 2 nitrogen and oxygen atoms in total. The van der Waals surface area contributed by atoms with Crippen LogP contribution in [-0.2, 0) is 0 Å². The maximum absolute atomic E-state index is 6.12. The molecule has 0 amide bonds. The van der Waals surface area contributed by atoms with Gasteiger partial charge in [0.2, 0.25) is 0 Å². The Morgan fingerprint density at radius 3 is 2.82 bits per heavy atom. The van der Waals surface area contributed by atoms with Crippen LogP contribution in [0.3, 0.4) is 0 Å². The van der Waals surface area contributed by atoms with E-state index in [2.05, 4.69) is 10.9 Å². The molecule has 2 aliphatic rings. The van der Waals surface area contributed by atoms with Crippen molar-refractivity contribution < 1.29 is 0 Å². The highest BCUT2D eigenvalue weighted by Gasteiger charge is 2.33. The van der Waals surface area contributed by atoms with E-state index >= 15 is 0 Å². The maximum Gasteiger partial charge on any atom is 0.0982 e. The first-order chi connectivity index (χ1) is 5.38. The number of alkyl halides is 1. The van der Waals surface area contributed by atoms with E-state index in [1.54, 1.807) is 0 Å². The zero-order valence-corrected chi connectivity index (χ0v) is 7.40. The summed E-state index contributed by atoms with van der Waals surface area (Å²) in [7, 11) is 0. The Labute approximate surface area is 72.7 Å². The Morgan fingerprint density at radius 2 is 2.00 bits per heavy atom. The highest BCUT2D eigenvalue weighted by atomic mass is 35.5. The molecule has 11 heavy (non-hydrogen) atoms. The summed E-state index contributed by atoms with van der Waals surface area (Å²) in [6.07, 6.45) is 5.44. The molecule has 2 N–H and O–H groups in total. The molecule has 0 aromatic rings. The number of hydrogen-bond donors (Lipinski definition) is 2. The molecule has 1 aliphatic heterocycles. The van der Waals surface area contributed by atoms with Crippen LogP contribution in [-0.4, -0.2) is 12.0 Å². The van der Waals surface area contributed by atoms with E-state index in [1.165, 1.54) is 25.7 Å². The topological polar surface area (TPSA) is 24.1 Å². The molecule has 2 fully saturated rings. The Bertz CT molecular complexity index is 138. The van der Waals surface area contributed by atoms with Crippen LogP contribution in [0.4, 0.5) is 0 Å². The standard InChI is InChI=1S/C8H15ClN2/c9-8-7-4-2-1-3-6(7)5-10-11-8/h6-8,10-11H,1-5H2. The lowest BCUT2D eigenvalue weighted by Gasteiger charge is -2.39. The lowest BCUT2D eigenvalue weighted by molar-refractivity contribution is 0.154. The third-order valence-corrected chi connectivity index (χ3v) is 3.38. The average Bonchev–Trinajstić information content (AvgIpc) is 2.06. The summed E-state index contributed by atoms with van der Waals surface area (Å²) in [6.45, 7) is 1.11. The Balaban J connectivity index is 1.99. The molecule has 1 saturated carbocycles. The molecule has 3 heteroatoms. The summed E-state index contributed by atoms with van der Waals surface area (Å²) >= 11 is 6.12. The highest BCUT2D eigenvalue weighted by Crippen LogP contribution is 2.34. The second-order valence-corrected chi connectivity index (χ2v) is 4.11. The molecule has 0 radical (unpaired) electrons. The minimum atomic E-state index is 0.161. The molecule has 64 valence electrons. The van der Waals surface area contributed by atoms with Crippen molar-refractivity contribution in [3.8, 4) is 0 Å². The summed E-state index contributed by atoms with van der Waals surface area (Å²) in [5.41, 5.74) is 6.41. The first-order valence-electron chi connectivity index (χ1n) is 4.50. The summed E-state index contributed by atoms with van der Waals surface area (Å²) in [5.74, 6) is 1.54. The zero-order valence-electron chi connectivity index (χ0n) is 6.65. The van der Waals surface area contributed by atoms with Gasteiger partial charge in [0, 0.05) is 6.54 Å². The number of halogens is 1. The predicted octanol–water partition coefficient (Wildman–Crippen LogP) is 1.47. The fourth-order valence-electron chi connectivity index (χ4n) is 2.27. The minimum Gasteiger partial charge on any atom is -0.256 e. The van der Waals surface area contributed by atoms with Crippen molar-refractivity contribution in [1.82, 2.24) is 10.9 Å². The smallest absolute Gasteiger partial charge is 0.0982 e. The van der Waals surface area contributed by atoms with Gasteiger partial charge in [-0.15, -0.1) is 11.6 Å². The van der Waals surface area contributed by atoms with Crippen molar-refractivity contribution in [2.24, 2.45) is 11.8 Å². The van der Waals surface area contributed by atoms with Crippen LogP contribution in [0.5, 0.6) is 0 Å². The third kappa shape index (κ3) is 1.53. The van der Waals surface area contributed by atoms with Crippen molar-refractivity contribution in [3.63, 3.8) is 0 Å². The Morgan fingerprint density at radius 1 is 1.18 bits per heavy atom. The van der Waals surface area contributed by atoms with E-state index in [1.807, 2.05) is 0 Å².